The first-order chi connectivity index (χ1) is 5.18. The number of hydrogen-bond acceptors (Lipinski definition) is 1. The van der Waals surface area contributed by atoms with Crippen LogP contribution in [0.15, 0.2) is 24.3 Å². The van der Waals surface area contributed by atoms with Crippen molar-refractivity contribution in [2.24, 2.45) is 5.73 Å². The fraction of sp³-hybridized carbons (Fsp3) is 0.125. The summed E-state index contributed by atoms with van der Waals surface area (Å²) in [5, 5.41) is 7.06. The minimum atomic E-state index is 0.214. The lowest BCUT2D eigenvalue weighted by molar-refractivity contribution is 1.24. The van der Waals surface area contributed by atoms with E-state index in [0.717, 1.165) is 5.56 Å². The van der Waals surface area contributed by atoms with Gasteiger partial charge in [0, 0.05) is 9.99 Å². The smallest absolute Gasteiger partial charge is 0.0950 e. The molecule has 0 saturated carbocycles. The van der Waals surface area contributed by atoms with Crippen LogP contribution in [0.3, 0.4) is 0 Å². The molecule has 3 N–H and O–H groups in total. The third-order valence-electron chi connectivity index (χ3n) is 1.31. The summed E-state index contributed by atoms with van der Waals surface area (Å²) >= 11 is 2.25. The monoisotopic (exact) mass is 260 g/mol. The van der Waals surface area contributed by atoms with Crippen LogP contribution in [-0.4, -0.2) is 5.84 Å². The first-order valence-corrected chi connectivity index (χ1v) is 4.33. The summed E-state index contributed by atoms with van der Waals surface area (Å²) in [5.74, 6) is 0.214. The Morgan fingerprint density at radius 3 is 2.36 bits per heavy atom. The van der Waals surface area contributed by atoms with E-state index in [1.165, 1.54) is 3.57 Å². The Kier molecular flexibility index (Phi) is 2.87. The first-order valence-electron chi connectivity index (χ1n) is 3.26. The summed E-state index contributed by atoms with van der Waals surface area (Å²) in [4.78, 5) is 0. The van der Waals surface area contributed by atoms with Gasteiger partial charge in [-0.1, -0.05) is 12.1 Å². The molecule has 1 aromatic carbocycles. The second kappa shape index (κ2) is 3.71. The lowest BCUT2D eigenvalue weighted by atomic mass is 10.1. The Morgan fingerprint density at radius 2 is 1.91 bits per heavy atom. The van der Waals surface area contributed by atoms with Gasteiger partial charge in [-0.25, -0.2) is 0 Å². The predicted octanol–water partition coefficient (Wildman–Crippen LogP) is 1.77. The molecule has 3 heteroatoms. The maximum Gasteiger partial charge on any atom is 0.0950 e. The Balaban J connectivity index is 2.74. The van der Waals surface area contributed by atoms with Crippen LogP contribution < -0.4 is 5.73 Å². The molecule has 0 aliphatic carbocycles. The summed E-state index contributed by atoms with van der Waals surface area (Å²) in [7, 11) is 0. The minimum Gasteiger partial charge on any atom is -0.387 e. The molecular formula is C8H9IN2. The average Bonchev–Trinajstić information content (AvgIpc) is 1.93. The van der Waals surface area contributed by atoms with Gasteiger partial charge in [0.25, 0.3) is 0 Å². The molecule has 11 heavy (non-hydrogen) atoms. The quantitative estimate of drug-likeness (QED) is 0.475. The van der Waals surface area contributed by atoms with E-state index < -0.39 is 0 Å². The SMILES string of the molecule is N=C(N)Cc1ccc(I)cc1. The van der Waals surface area contributed by atoms with Crippen molar-refractivity contribution in [2.45, 2.75) is 6.42 Å². The molecule has 0 radical (unpaired) electrons. The number of nitrogens with two attached hydrogens (primary N) is 1. The van der Waals surface area contributed by atoms with Gasteiger partial charge < -0.3 is 5.73 Å². The maximum absolute atomic E-state index is 7.06. The van der Waals surface area contributed by atoms with Crippen molar-refractivity contribution in [3.63, 3.8) is 0 Å². The highest BCUT2D eigenvalue weighted by molar-refractivity contribution is 14.1. The van der Waals surface area contributed by atoms with Crippen LogP contribution >= 0.6 is 22.6 Å². The Hall–Kier alpha value is -0.580. The van der Waals surface area contributed by atoms with E-state index in [1.807, 2.05) is 24.3 Å². The van der Waals surface area contributed by atoms with Crippen molar-refractivity contribution in [1.29, 1.82) is 5.41 Å². The van der Waals surface area contributed by atoms with E-state index >= 15 is 0 Å². The number of hydrogen-bond donors (Lipinski definition) is 2. The summed E-state index contributed by atoms with van der Waals surface area (Å²) in [6.07, 6.45) is 0.552. The highest BCUT2D eigenvalue weighted by atomic mass is 127. The van der Waals surface area contributed by atoms with Crippen LogP contribution in [0.1, 0.15) is 5.56 Å². The average molecular weight is 260 g/mol. The molecule has 0 saturated heterocycles. The largest absolute Gasteiger partial charge is 0.387 e. The fourth-order valence-corrected chi connectivity index (χ4v) is 1.18. The van der Waals surface area contributed by atoms with Crippen LogP contribution in [-0.2, 0) is 6.42 Å². The third-order valence-corrected chi connectivity index (χ3v) is 2.03. The second-order valence-corrected chi connectivity index (χ2v) is 3.57. The lowest BCUT2D eigenvalue weighted by Gasteiger charge is -1.98. The number of nitrogens with one attached hydrogen (secondary N) is 1. The first kappa shape index (κ1) is 8.52. The maximum atomic E-state index is 7.06. The molecule has 58 valence electrons. The highest BCUT2D eigenvalue weighted by Gasteiger charge is 1.93. The third kappa shape index (κ3) is 2.88. The van der Waals surface area contributed by atoms with Crippen LogP contribution in [0, 0.1) is 8.98 Å². The van der Waals surface area contributed by atoms with E-state index in [0.29, 0.717) is 6.42 Å². The van der Waals surface area contributed by atoms with Crippen molar-refractivity contribution in [1.82, 2.24) is 0 Å². The van der Waals surface area contributed by atoms with Crippen molar-refractivity contribution in [3.05, 3.63) is 33.4 Å². The van der Waals surface area contributed by atoms with Crippen molar-refractivity contribution in [3.8, 4) is 0 Å². The predicted molar refractivity (Wildman–Crippen MR) is 54.8 cm³/mol. The molecule has 0 unspecified atom stereocenters. The highest BCUT2D eigenvalue weighted by Crippen LogP contribution is 2.06. The number of amidine groups is 1. The summed E-state index contributed by atoms with van der Waals surface area (Å²) in [6.45, 7) is 0. The van der Waals surface area contributed by atoms with Crippen molar-refractivity contribution < 1.29 is 0 Å². The van der Waals surface area contributed by atoms with Crippen LogP contribution in [0.2, 0.25) is 0 Å². The topological polar surface area (TPSA) is 49.9 Å². The van der Waals surface area contributed by atoms with Gasteiger partial charge in [-0.3, -0.25) is 5.41 Å². The lowest BCUT2D eigenvalue weighted by Crippen LogP contribution is -2.12. The van der Waals surface area contributed by atoms with E-state index in [1.54, 1.807) is 0 Å². The normalized spacial score (nSPS) is 9.55. The van der Waals surface area contributed by atoms with E-state index in [-0.39, 0.29) is 5.84 Å². The Labute approximate surface area is 79.4 Å². The Bertz CT molecular complexity index is 253. The molecule has 0 fully saturated rings. The fourth-order valence-electron chi connectivity index (χ4n) is 0.822. The van der Waals surface area contributed by atoms with Gasteiger partial charge in [0.2, 0.25) is 0 Å². The molecule has 0 atom stereocenters. The van der Waals surface area contributed by atoms with E-state index in [2.05, 4.69) is 22.6 Å². The number of rotatable bonds is 2. The number of benzene rings is 1. The summed E-state index contributed by atoms with van der Waals surface area (Å²) in [6, 6.07) is 8.00. The standard InChI is InChI=1S/C8H9IN2/c9-7-3-1-6(2-4-7)5-8(10)11/h1-4H,5H2,(H3,10,11). The van der Waals surface area contributed by atoms with E-state index in [4.69, 9.17) is 11.1 Å². The molecule has 0 amide bonds. The summed E-state index contributed by atoms with van der Waals surface area (Å²) in [5.41, 5.74) is 6.34. The molecule has 0 aromatic heterocycles. The van der Waals surface area contributed by atoms with Gasteiger partial charge >= 0.3 is 0 Å². The Morgan fingerprint density at radius 1 is 1.36 bits per heavy atom. The molecule has 0 bridgehead atoms. The minimum absolute atomic E-state index is 0.214. The van der Waals surface area contributed by atoms with E-state index in [9.17, 15) is 0 Å². The van der Waals surface area contributed by atoms with Crippen molar-refractivity contribution in [2.75, 3.05) is 0 Å². The second-order valence-electron chi connectivity index (χ2n) is 2.33. The molecule has 2 nitrogen and oxygen atoms in total. The van der Waals surface area contributed by atoms with Crippen LogP contribution in [0.25, 0.3) is 0 Å². The van der Waals surface area contributed by atoms with Gasteiger partial charge in [0.1, 0.15) is 0 Å². The molecule has 0 aliphatic heterocycles. The molecule has 1 aromatic rings. The zero-order chi connectivity index (χ0) is 8.27. The molecule has 0 aliphatic rings. The zero-order valence-electron chi connectivity index (χ0n) is 5.97. The number of halogens is 1. The summed E-state index contributed by atoms with van der Waals surface area (Å²) < 4.78 is 1.20. The molecule has 1 rings (SSSR count). The van der Waals surface area contributed by atoms with Crippen LogP contribution in [0.4, 0.5) is 0 Å². The van der Waals surface area contributed by atoms with Crippen molar-refractivity contribution >= 4 is 28.4 Å². The molecule has 0 heterocycles. The molecule has 0 spiro atoms. The zero-order valence-corrected chi connectivity index (χ0v) is 8.13. The van der Waals surface area contributed by atoms with Gasteiger partial charge in [0.05, 0.1) is 5.84 Å². The van der Waals surface area contributed by atoms with Gasteiger partial charge in [-0.2, -0.15) is 0 Å². The van der Waals surface area contributed by atoms with Gasteiger partial charge in [-0.15, -0.1) is 0 Å². The molecular weight excluding hydrogens is 251 g/mol. The van der Waals surface area contributed by atoms with Gasteiger partial charge in [-0.05, 0) is 40.3 Å². The van der Waals surface area contributed by atoms with Crippen LogP contribution in [0.5, 0.6) is 0 Å². The van der Waals surface area contributed by atoms with Gasteiger partial charge in [0.15, 0.2) is 0 Å².